The quantitative estimate of drug-likeness (QED) is 0.776. The van der Waals surface area contributed by atoms with E-state index in [2.05, 4.69) is 24.9 Å². The minimum Gasteiger partial charge on any atom is -0.346 e. The van der Waals surface area contributed by atoms with E-state index in [-0.39, 0.29) is 0 Å². The zero-order valence-electron chi connectivity index (χ0n) is 11.0. The molecule has 0 radical (unpaired) electrons. The highest BCUT2D eigenvalue weighted by molar-refractivity contribution is 5.77. The Morgan fingerprint density at radius 1 is 1.00 bits per heavy atom. The molecule has 96 valence electrons. The fourth-order valence-corrected chi connectivity index (χ4v) is 2.24. The summed E-state index contributed by atoms with van der Waals surface area (Å²) in [5.41, 5.74) is 3.98. The molecule has 0 fully saturated rings. The van der Waals surface area contributed by atoms with Crippen molar-refractivity contribution in [2.45, 2.75) is 26.7 Å². The third kappa shape index (κ3) is 2.31. The van der Waals surface area contributed by atoms with Gasteiger partial charge in [-0.15, -0.1) is 0 Å². The molecular formula is C14H15N5. The van der Waals surface area contributed by atoms with Crippen LogP contribution >= 0.6 is 0 Å². The van der Waals surface area contributed by atoms with Gasteiger partial charge in [0, 0.05) is 24.0 Å². The van der Waals surface area contributed by atoms with Crippen molar-refractivity contribution >= 4 is 11.0 Å². The maximum atomic E-state index is 4.54. The second-order valence-corrected chi connectivity index (χ2v) is 4.55. The fourth-order valence-electron chi connectivity index (χ4n) is 2.24. The summed E-state index contributed by atoms with van der Waals surface area (Å²) in [5.74, 6) is 0.792. The zero-order chi connectivity index (χ0) is 13.2. The van der Waals surface area contributed by atoms with Crippen molar-refractivity contribution in [3.05, 3.63) is 47.6 Å². The van der Waals surface area contributed by atoms with Gasteiger partial charge in [-0.25, -0.2) is 9.97 Å². The molecule has 0 atom stereocenters. The predicted octanol–water partition coefficient (Wildman–Crippen LogP) is 2.15. The van der Waals surface area contributed by atoms with E-state index in [0.717, 1.165) is 46.8 Å². The lowest BCUT2D eigenvalue weighted by molar-refractivity contribution is 0.848. The number of aryl methyl sites for hydroxylation is 4. The first kappa shape index (κ1) is 11.8. The van der Waals surface area contributed by atoms with Gasteiger partial charge in [0.2, 0.25) is 0 Å². The summed E-state index contributed by atoms with van der Waals surface area (Å²) >= 11 is 0. The third-order valence-electron chi connectivity index (χ3n) is 3.19. The Kier molecular flexibility index (Phi) is 2.95. The Morgan fingerprint density at radius 2 is 1.79 bits per heavy atom. The summed E-state index contributed by atoms with van der Waals surface area (Å²) in [5, 5.41) is 1.09. The van der Waals surface area contributed by atoms with E-state index in [0.29, 0.717) is 0 Å². The summed E-state index contributed by atoms with van der Waals surface area (Å²) in [6.07, 6.45) is 7.04. The van der Waals surface area contributed by atoms with Crippen LogP contribution in [0.25, 0.3) is 11.0 Å². The molecule has 0 unspecified atom stereocenters. The van der Waals surface area contributed by atoms with Crippen LogP contribution in [-0.2, 0) is 12.8 Å². The Balaban J connectivity index is 1.90. The number of fused-ring (bicyclic) bond motifs is 1. The first-order valence-electron chi connectivity index (χ1n) is 6.31. The van der Waals surface area contributed by atoms with Crippen LogP contribution in [0.4, 0.5) is 0 Å². The Morgan fingerprint density at radius 3 is 2.63 bits per heavy atom. The molecule has 0 saturated carbocycles. The standard InChI is InChI=1S/C14H15N5/c1-9-12(16-8-7-15-9)3-4-13-11-5-6-17-14(11)19-10(2)18-13/h5-8H,3-4H2,1-2H3,(H,17,18,19). The Labute approximate surface area is 111 Å². The van der Waals surface area contributed by atoms with Crippen molar-refractivity contribution < 1.29 is 0 Å². The lowest BCUT2D eigenvalue weighted by Crippen LogP contribution is -2.02. The van der Waals surface area contributed by atoms with Crippen LogP contribution in [0.15, 0.2) is 24.7 Å². The predicted molar refractivity (Wildman–Crippen MR) is 72.8 cm³/mol. The lowest BCUT2D eigenvalue weighted by Gasteiger charge is -2.05. The molecule has 3 heterocycles. The van der Waals surface area contributed by atoms with Gasteiger partial charge < -0.3 is 4.98 Å². The van der Waals surface area contributed by atoms with E-state index >= 15 is 0 Å². The molecule has 0 aromatic carbocycles. The third-order valence-corrected chi connectivity index (χ3v) is 3.19. The van der Waals surface area contributed by atoms with Gasteiger partial charge in [0.25, 0.3) is 0 Å². The number of hydrogen-bond donors (Lipinski definition) is 1. The smallest absolute Gasteiger partial charge is 0.141 e. The fraction of sp³-hybridized carbons (Fsp3) is 0.286. The first-order chi connectivity index (χ1) is 9.24. The molecule has 0 amide bonds. The topological polar surface area (TPSA) is 67.3 Å². The SMILES string of the molecule is Cc1nc(CCc2nccnc2C)c2cc[nH]c2n1. The highest BCUT2D eigenvalue weighted by Gasteiger charge is 2.08. The second-order valence-electron chi connectivity index (χ2n) is 4.55. The summed E-state index contributed by atoms with van der Waals surface area (Å²) in [6, 6.07) is 2.02. The summed E-state index contributed by atoms with van der Waals surface area (Å²) in [6.45, 7) is 3.90. The van der Waals surface area contributed by atoms with E-state index in [1.807, 2.05) is 26.1 Å². The van der Waals surface area contributed by atoms with Crippen LogP contribution in [0.3, 0.4) is 0 Å². The molecule has 0 aliphatic heterocycles. The van der Waals surface area contributed by atoms with Crippen LogP contribution in [0, 0.1) is 13.8 Å². The zero-order valence-corrected chi connectivity index (χ0v) is 11.0. The number of aromatic amines is 1. The Bertz CT molecular complexity index is 717. The number of nitrogens with zero attached hydrogens (tertiary/aromatic N) is 4. The minimum absolute atomic E-state index is 0.792. The van der Waals surface area contributed by atoms with E-state index in [1.165, 1.54) is 0 Å². The monoisotopic (exact) mass is 253 g/mol. The normalized spacial score (nSPS) is 11.1. The van der Waals surface area contributed by atoms with Crippen LogP contribution in [0.2, 0.25) is 0 Å². The molecule has 5 nitrogen and oxygen atoms in total. The molecule has 3 aromatic rings. The van der Waals surface area contributed by atoms with Gasteiger partial charge in [0.05, 0.1) is 17.1 Å². The highest BCUT2D eigenvalue weighted by Crippen LogP contribution is 2.16. The molecule has 0 aliphatic rings. The average Bonchev–Trinajstić information content (AvgIpc) is 2.85. The number of H-pyrrole nitrogens is 1. The molecule has 0 bridgehead atoms. The molecule has 0 saturated heterocycles. The van der Waals surface area contributed by atoms with Crippen LogP contribution in [0.1, 0.15) is 22.9 Å². The van der Waals surface area contributed by atoms with E-state index in [4.69, 9.17) is 0 Å². The van der Waals surface area contributed by atoms with Gasteiger partial charge in [-0.3, -0.25) is 9.97 Å². The van der Waals surface area contributed by atoms with E-state index in [1.54, 1.807) is 12.4 Å². The molecule has 5 heteroatoms. The van der Waals surface area contributed by atoms with Gasteiger partial charge in [0.1, 0.15) is 11.5 Å². The maximum absolute atomic E-state index is 4.54. The van der Waals surface area contributed by atoms with Gasteiger partial charge >= 0.3 is 0 Å². The van der Waals surface area contributed by atoms with Crippen LogP contribution < -0.4 is 0 Å². The van der Waals surface area contributed by atoms with Gasteiger partial charge in [-0.2, -0.15) is 0 Å². The van der Waals surface area contributed by atoms with Gasteiger partial charge in [-0.05, 0) is 32.8 Å². The van der Waals surface area contributed by atoms with Crippen molar-refractivity contribution in [1.29, 1.82) is 0 Å². The largest absolute Gasteiger partial charge is 0.346 e. The Hall–Kier alpha value is -2.30. The molecule has 0 spiro atoms. The van der Waals surface area contributed by atoms with Crippen molar-refractivity contribution in [3.63, 3.8) is 0 Å². The maximum Gasteiger partial charge on any atom is 0.141 e. The lowest BCUT2D eigenvalue weighted by atomic mass is 10.1. The average molecular weight is 253 g/mol. The molecular weight excluding hydrogens is 238 g/mol. The number of nitrogens with one attached hydrogen (secondary N) is 1. The van der Waals surface area contributed by atoms with Crippen LogP contribution in [0.5, 0.6) is 0 Å². The second kappa shape index (κ2) is 4.76. The van der Waals surface area contributed by atoms with Gasteiger partial charge in [0.15, 0.2) is 0 Å². The van der Waals surface area contributed by atoms with Crippen molar-refractivity contribution in [3.8, 4) is 0 Å². The van der Waals surface area contributed by atoms with E-state index < -0.39 is 0 Å². The van der Waals surface area contributed by atoms with Crippen molar-refractivity contribution in [2.75, 3.05) is 0 Å². The summed E-state index contributed by atoms with van der Waals surface area (Å²) in [4.78, 5) is 20.7. The highest BCUT2D eigenvalue weighted by atomic mass is 14.9. The first-order valence-corrected chi connectivity index (χ1v) is 6.31. The van der Waals surface area contributed by atoms with Crippen molar-refractivity contribution in [1.82, 2.24) is 24.9 Å². The summed E-state index contributed by atoms with van der Waals surface area (Å²) < 4.78 is 0. The molecule has 3 aromatic heterocycles. The molecule has 3 rings (SSSR count). The van der Waals surface area contributed by atoms with Crippen molar-refractivity contribution in [2.24, 2.45) is 0 Å². The van der Waals surface area contributed by atoms with E-state index in [9.17, 15) is 0 Å². The molecule has 0 aliphatic carbocycles. The number of hydrogen-bond acceptors (Lipinski definition) is 4. The number of rotatable bonds is 3. The molecule has 19 heavy (non-hydrogen) atoms. The van der Waals surface area contributed by atoms with Gasteiger partial charge in [-0.1, -0.05) is 0 Å². The summed E-state index contributed by atoms with van der Waals surface area (Å²) in [7, 11) is 0. The minimum atomic E-state index is 0.792. The number of aromatic nitrogens is 5. The van der Waals surface area contributed by atoms with Crippen LogP contribution in [-0.4, -0.2) is 24.9 Å². The molecule has 1 N–H and O–H groups in total.